The van der Waals surface area contributed by atoms with E-state index in [1.54, 1.807) is 11.8 Å². The fraction of sp³-hybridized carbons (Fsp3) is 0.0118. The standard InChI is InChI=1S/C85H47N9OS/c86-46-50-29-36-74-62(39-50)61-19-5-10-24-73(61)94(74)56-43-68-84(89-49-56)83-67(42-55(48-88-83)93-71-22-8-3-17-59(71)60-18-4-9-23-72(60)93)85(68)65-34-31-53(90-69-20-6-1-15-57(69)58-16-2-7-21-70(58)90)44-79(65)95-80-45-54(32-35-66(80)85)91-75-37-30-51(47-87)40-63(75)64-41-52(33-38-76(64)91)92-77-25-11-13-27-81(77)96-82-28-14-12-26-78(82)92/h1-45,48-49H. The molecule has 11 heteroatoms. The normalized spacial score (nSPS) is 14.3. The van der Waals surface area contributed by atoms with E-state index in [-0.39, 0.29) is 0 Å². The molecule has 8 heterocycles. The Morgan fingerprint density at radius 2 is 0.667 bits per heavy atom. The Morgan fingerprint density at radius 3 is 1.11 bits per heavy atom. The molecule has 6 aromatic heterocycles. The SMILES string of the molecule is N#Cc1ccc2c(c1)c1ccccc1n2-c1cnc2c(c1)C1(c3ccc(-n4c5ccccc5c5ccccc54)cc3Oc3cc(-n4c5ccc(C#N)cc5c5cc(N6c7ccccc7Sc7ccccc76)ccc54)ccc31)c1cc(-n3c4ccccc4c4ccccc43)cnc1-2. The number of rotatable bonds is 5. The third-order valence-electron chi connectivity index (χ3n) is 20.3. The lowest BCUT2D eigenvalue weighted by Crippen LogP contribution is -2.32. The number of pyridine rings is 2. The molecule has 0 saturated heterocycles. The zero-order valence-corrected chi connectivity index (χ0v) is 51.8. The predicted molar refractivity (Wildman–Crippen MR) is 385 cm³/mol. The first-order valence-electron chi connectivity index (χ1n) is 32.0. The third kappa shape index (κ3) is 7.07. The Kier molecular flexibility index (Phi) is 10.7. The summed E-state index contributed by atoms with van der Waals surface area (Å²) in [5.74, 6) is 1.36. The quantitative estimate of drug-likeness (QED) is 0.169. The number of aromatic nitrogens is 6. The van der Waals surface area contributed by atoms with Gasteiger partial charge in [-0.3, -0.25) is 9.97 Å². The number of benzene rings is 12. The third-order valence-corrected chi connectivity index (χ3v) is 21.4. The first kappa shape index (κ1) is 52.7. The largest absolute Gasteiger partial charge is 0.457 e. The number of para-hydroxylation sites is 7. The molecule has 0 bridgehead atoms. The lowest BCUT2D eigenvalue weighted by atomic mass is 9.66. The molecule has 2 aliphatic heterocycles. The molecule has 0 N–H and O–H groups in total. The van der Waals surface area contributed by atoms with E-state index in [2.05, 4.69) is 284 Å². The molecule has 0 fully saturated rings. The molecule has 1 spiro atoms. The van der Waals surface area contributed by atoms with Gasteiger partial charge in [-0.2, -0.15) is 10.5 Å². The molecule has 18 aromatic rings. The van der Waals surface area contributed by atoms with Crippen LogP contribution in [0.4, 0.5) is 17.1 Å². The van der Waals surface area contributed by atoms with Crippen LogP contribution in [0, 0.1) is 22.7 Å². The fourth-order valence-corrected chi connectivity index (χ4v) is 17.4. The summed E-state index contributed by atoms with van der Waals surface area (Å²) in [5, 5.41) is 29.4. The summed E-state index contributed by atoms with van der Waals surface area (Å²) in [4.78, 5) is 15.9. The molecule has 96 heavy (non-hydrogen) atoms. The van der Waals surface area contributed by atoms with E-state index >= 15 is 0 Å². The summed E-state index contributed by atoms with van der Waals surface area (Å²) < 4.78 is 17.0. The number of nitrogens with zero attached hydrogens (tertiary/aromatic N) is 9. The van der Waals surface area contributed by atoms with E-state index in [0.717, 1.165) is 161 Å². The Bertz CT molecular complexity index is 6460. The monoisotopic (exact) mass is 1240 g/mol. The number of hydrogen-bond acceptors (Lipinski definition) is 7. The molecule has 444 valence electrons. The van der Waals surface area contributed by atoms with Crippen molar-refractivity contribution in [1.29, 1.82) is 10.5 Å². The highest BCUT2D eigenvalue weighted by Crippen LogP contribution is 2.63. The van der Waals surface area contributed by atoms with Crippen molar-refractivity contribution in [2.45, 2.75) is 15.2 Å². The van der Waals surface area contributed by atoms with Crippen molar-refractivity contribution in [1.82, 2.24) is 28.2 Å². The van der Waals surface area contributed by atoms with Gasteiger partial charge in [-0.15, -0.1) is 0 Å². The summed E-state index contributed by atoms with van der Waals surface area (Å²) in [5.41, 5.74) is 20.5. The van der Waals surface area contributed by atoms with Crippen LogP contribution >= 0.6 is 11.8 Å². The minimum atomic E-state index is -1.10. The van der Waals surface area contributed by atoms with Crippen LogP contribution in [0.3, 0.4) is 0 Å². The van der Waals surface area contributed by atoms with Crippen LogP contribution in [0.2, 0.25) is 0 Å². The van der Waals surface area contributed by atoms with Gasteiger partial charge in [0.2, 0.25) is 0 Å². The Hall–Kier alpha value is -12.9. The van der Waals surface area contributed by atoms with Gasteiger partial charge in [0.15, 0.2) is 0 Å². The minimum Gasteiger partial charge on any atom is -0.457 e. The van der Waals surface area contributed by atoms with Gasteiger partial charge in [0.1, 0.15) is 11.5 Å². The van der Waals surface area contributed by atoms with Gasteiger partial charge in [0.25, 0.3) is 0 Å². The van der Waals surface area contributed by atoms with Gasteiger partial charge in [0.05, 0.1) is 119 Å². The average Bonchev–Trinajstić information content (AvgIpc) is 1.49. The van der Waals surface area contributed by atoms with E-state index in [1.807, 2.05) is 36.7 Å². The number of hydrogen-bond donors (Lipinski definition) is 0. The van der Waals surface area contributed by atoms with Crippen molar-refractivity contribution in [2.75, 3.05) is 4.90 Å². The molecule has 1 unspecified atom stereocenters. The molecule has 1 aliphatic carbocycles. The second-order valence-corrected chi connectivity index (χ2v) is 26.2. The van der Waals surface area contributed by atoms with Crippen molar-refractivity contribution in [3.8, 4) is 57.8 Å². The summed E-state index contributed by atoms with van der Waals surface area (Å²) in [7, 11) is 0. The molecule has 21 rings (SSSR count). The smallest absolute Gasteiger partial charge is 0.134 e. The molecular formula is C85H47N9OS. The molecule has 3 aliphatic rings. The van der Waals surface area contributed by atoms with E-state index in [4.69, 9.17) is 14.7 Å². The van der Waals surface area contributed by atoms with Crippen molar-refractivity contribution < 1.29 is 4.74 Å². The zero-order valence-electron chi connectivity index (χ0n) is 51.0. The number of fused-ring (bicyclic) bond motifs is 23. The van der Waals surface area contributed by atoms with Gasteiger partial charge in [-0.05, 0) is 133 Å². The number of ether oxygens (including phenoxy) is 1. The zero-order chi connectivity index (χ0) is 63.1. The lowest BCUT2D eigenvalue weighted by Gasteiger charge is -2.39. The summed E-state index contributed by atoms with van der Waals surface area (Å²) in [6.07, 6.45) is 4.00. The maximum absolute atomic E-state index is 10.5. The average molecular weight is 1240 g/mol. The Labute approximate surface area is 552 Å². The van der Waals surface area contributed by atoms with Crippen LogP contribution in [0.15, 0.2) is 295 Å². The number of anilines is 3. The Balaban J connectivity index is 0.852. The van der Waals surface area contributed by atoms with Gasteiger partial charge in [-0.25, -0.2) is 0 Å². The van der Waals surface area contributed by atoms with E-state index < -0.39 is 5.41 Å². The van der Waals surface area contributed by atoms with E-state index in [9.17, 15) is 10.5 Å². The lowest BCUT2D eigenvalue weighted by molar-refractivity contribution is 0.436. The van der Waals surface area contributed by atoms with Crippen molar-refractivity contribution in [2.24, 2.45) is 0 Å². The predicted octanol–water partition coefficient (Wildman–Crippen LogP) is 21.0. The van der Waals surface area contributed by atoms with Gasteiger partial charge >= 0.3 is 0 Å². The van der Waals surface area contributed by atoms with Crippen LogP contribution < -0.4 is 9.64 Å². The topological polar surface area (TPSA) is 106 Å². The highest BCUT2D eigenvalue weighted by Gasteiger charge is 2.53. The minimum absolute atomic E-state index is 0.580. The second kappa shape index (κ2) is 19.6. The van der Waals surface area contributed by atoms with Crippen LogP contribution in [0.25, 0.3) is 121 Å². The van der Waals surface area contributed by atoms with Gasteiger partial charge in [-0.1, -0.05) is 139 Å². The van der Waals surface area contributed by atoms with Gasteiger partial charge < -0.3 is 27.9 Å². The first-order chi connectivity index (χ1) is 47.5. The fourth-order valence-electron chi connectivity index (χ4n) is 16.4. The van der Waals surface area contributed by atoms with Crippen LogP contribution in [0.1, 0.15) is 33.4 Å². The summed E-state index contributed by atoms with van der Waals surface area (Å²) in [6, 6.07) is 102. The van der Waals surface area contributed by atoms with E-state index in [0.29, 0.717) is 22.6 Å². The van der Waals surface area contributed by atoms with Gasteiger partial charge in [0, 0.05) is 104 Å². The van der Waals surface area contributed by atoms with Crippen LogP contribution in [-0.4, -0.2) is 28.2 Å². The maximum Gasteiger partial charge on any atom is 0.134 e. The Morgan fingerprint density at radius 1 is 0.312 bits per heavy atom. The molecule has 0 saturated carbocycles. The molecule has 0 radical (unpaired) electrons. The second-order valence-electron chi connectivity index (χ2n) is 25.1. The van der Waals surface area contributed by atoms with Crippen molar-refractivity contribution >= 4 is 116 Å². The highest BCUT2D eigenvalue weighted by molar-refractivity contribution is 7.99. The van der Waals surface area contributed by atoms with Crippen LogP contribution in [-0.2, 0) is 5.41 Å². The molecular weight excluding hydrogens is 1200 g/mol. The molecule has 0 amide bonds. The van der Waals surface area contributed by atoms with E-state index in [1.165, 1.54) is 9.79 Å². The highest BCUT2D eigenvalue weighted by atomic mass is 32.2. The molecule has 1 atom stereocenters. The summed E-state index contributed by atoms with van der Waals surface area (Å²) >= 11 is 1.79. The summed E-state index contributed by atoms with van der Waals surface area (Å²) in [6.45, 7) is 0. The first-order valence-corrected chi connectivity index (χ1v) is 32.9. The number of nitriles is 2. The van der Waals surface area contributed by atoms with Crippen LogP contribution in [0.5, 0.6) is 11.5 Å². The molecule has 12 aromatic carbocycles. The van der Waals surface area contributed by atoms with Crippen molar-refractivity contribution in [3.05, 3.63) is 319 Å². The van der Waals surface area contributed by atoms with Crippen molar-refractivity contribution in [3.63, 3.8) is 0 Å². The maximum atomic E-state index is 10.5. The molecule has 10 nitrogen and oxygen atoms in total.